The molecule has 2 rings (SSSR count). The average Bonchev–Trinajstić information content (AvgIpc) is 2.34. The Morgan fingerprint density at radius 3 is 2.50 bits per heavy atom. The van der Waals surface area contributed by atoms with Crippen molar-refractivity contribution in [2.45, 2.75) is 26.3 Å². The molecule has 0 spiro atoms. The number of nitrogens with two attached hydrogens (primary N) is 1. The van der Waals surface area contributed by atoms with E-state index in [2.05, 4.69) is 78.9 Å². The van der Waals surface area contributed by atoms with Crippen LogP contribution in [0.5, 0.6) is 0 Å². The minimum absolute atomic E-state index is 0.0711. The predicted molar refractivity (Wildman–Crippen MR) is 85.7 cm³/mol. The second kappa shape index (κ2) is 5.85. The maximum Gasteiger partial charge on any atom is 0.0336 e. The van der Waals surface area contributed by atoms with Crippen LogP contribution in [-0.4, -0.2) is 0 Å². The van der Waals surface area contributed by atoms with Crippen LogP contribution < -0.4 is 5.73 Å². The first-order chi connectivity index (χ1) is 8.56. The lowest BCUT2D eigenvalue weighted by Gasteiger charge is -2.13. The summed E-state index contributed by atoms with van der Waals surface area (Å²) in [5.74, 6) is 0. The Balaban J connectivity index is 2.16. The number of aryl methyl sites for hydroxylation is 2. The van der Waals surface area contributed by atoms with Crippen molar-refractivity contribution in [3.05, 3.63) is 68.3 Å². The summed E-state index contributed by atoms with van der Waals surface area (Å²) in [6.45, 7) is 4.29. The highest BCUT2D eigenvalue weighted by atomic mass is 127. The lowest BCUT2D eigenvalue weighted by Crippen LogP contribution is -2.13. The van der Waals surface area contributed by atoms with Gasteiger partial charge in [0.05, 0.1) is 0 Å². The van der Waals surface area contributed by atoms with Crippen molar-refractivity contribution in [3.8, 4) is 0 Å². The summed E-state index contributed by atoms with van der Waals surface area (Å²) >= 11 is 2.32. The van der Waals surface area contributed by atoms with E-state index < -0.39 is 0 Å². The van der Waals surface area contributed by atoms with E-state index in [9.17, 15) is 0 Å². The van der Waals surface area contributed by atoms with Crippen LogP contribution in [-0.2, 0) is 6.42 Å². The number of benzene rings is 2. The molecule has 2 N–H and O–H groups in total. The first kappa shape index (κ1) is 13.6. The molecular formula is C16H18IN. The molecule has 2 aromatic rings. The molecule has 0 aromatic heterocycles. The third kappa shape index (κ3) is 3.33. The Kier molecular flexibility index (Phi) is 4.40. The second-order valence-corrected chi connectivity index (χ2v) is 6.03. The third-order valence-electron chi connectivity index (χ3n) is 3.30. The van der Waals surface area contributed by atoms with Crippen molar-refractivity contribution >= 4 is 22.6 Å². The summed E-state index contributed by atoms with van der Waals surface area (Å²) in [4.78, 5) is 0. The summed E-state index contributed by atoms with van der Waals surface area (Å²) in [5, 5.41) is 0. The largest absolute Gasteiger partial charge is 0.324 e. The maximum atomic E-state index is 6.28. The number of hydrogen-bond acceptors (Lipinski definition) is 1. The number of halogens is 1. The zero-order chi connectivity index (χ0) is 13.1. The molecule has 0 saturated heterocycles. The van der Waals surface area contributed by atoms with Crippen molar-refractivity contribution in [3.63, 3.8) is 0 Å². The van der Waals surface area contributed by atoms with Gasteiger partial charge in [0.25, 0.3) is 0 Å². The van der Waals surface area contributed by atoms with Gasteiger partial charge in [-0.05, 0) is 77.2 Å². The van der Waals surface area contributed by atoms with E-state index in [0.717, 1.165) is 6.42 Å². The molecule has 0 aliphatic carbocycles. The summed E-state index contributed by atoms with van der Waals surface area (Å²) < 4.78 is 1.24. The van der Waals surface area contributed by atoms with Crippen LogP contribution >= 0.6 is 22.6 Å². The summed E-state index contributed by atoms with van der Waals surface area (Å²) in [6, 6.07) is 15.1. The van der Waals surface area contributed by atoms with Crippen molar-refractivity contribution in [2.24, 2.45) is 5.73 Å². The van der Waals surface area contributed by atoms with Crippen LogP contribution in [0.25, 0.3) is 0 Å². The molecule has 2 aromatic carbocycles. The van der Waals surface area contributed by atoms with Gasteiger partial charge in [-0.15, -0.1) is 0 Å². The van der Waals surface area contributed by atoms with Gasteiger partial charge in [0.15, 0.2) is 0 Å². The molecule has 0 heterocycles. The van der Waals surface area contributed by atoms with Crippen LogP contribution in [0.1, 0.15) is 28.3 Å². The van der Waals surface area contributed by atoms with E-state index in [1.807, 2.05) is 0 Å². The third-order valence-corrected chi connectivity index (χ3v) is 3.97. The molecule has 0 aliphatic heterocycles. The SMILES string of the molecule is Cc1ccc(CC(N)c2cccc(I)c2)cc1C. The quantitative estimate of drug-likeness (QED) is 0.826. The van der Waals surface area contributed by atoms with Gasteiger partial charge in [-0.1, -0.05) is 30.3 Å². The Labute approximate surface area is 123 Å². The maximum absolute atomic E-state index is 6.28. The van der Waals surface area contributed by atoms with E-state index in [1.54, 1.807) is 0 Å². The zero-order valence-corrected chi connectivity index (χ0v) is 12.9. The van der Waals surface area contributed by atoms with Gasteiger partial charge in [0.1, 0.15) is 0 Å². The Morgan fingerprint density at radius 1 is 1.06 bits per heavy atom. The van der Waals surface area contributed by atoms with Gasteiger partial charge < -0.3 is 5.73 Å². The smallest absolute Gasteiger partial charge is 0.0336 e. The molecule has 1 unspecified atom stereocenters. The minimum atomic E-state index is 0.0711. The lowest BCUT2D eigenvalue weighted by atomic mass is 9.97. The van der Waals surface area contributed by atoms with Gasteiger partial charge in [-0.25, -0.2) is 0 Å². The van der Waals surface area contributed by atoms with Crippen molar-refractivity contribution < 1.29 is 0 Å². The van der Waals surface area contributed by atoms with Gasteiger partial charge >= 0.3 is 0 Å². The van der Waals surface area contributed by atoms with Crippen LogP contribution in [0.15, 0.2) is 42.5 Å². The molecule has 18 heavy (non-hydrogen) atoms. The highest BCUT2D eigenvalue weighted by molar-refractivity contribution is 14.1. The second-order valence-electron chi connectivity index (χ2n) is 4.78. The van der Waals surface area contributed by atoms with Crippen LogP contribution in [0.3, 0.4) is 0 Å². The molecule has 2 heteroatoms. The molecule has 0 bridgehead atoms. The minimum Gasteiger partial charge on any atom is -0.324 e. The molecule has 0 fully saturated rings. The van der Waals surface area contributed by atoms with E-state index >= 15 is 0 Å². The van der Waals surface area contributed by atoms with E-state index in [0.29, 0.717) is 0 Å². The molecule has 0 amide bonds. The van der Waals surface area contributed by atoms with Gasteiger partial charge in [0, 0.05) is 9.61 Å². The predicted octanol–water partition coefficient (Wildman–Crippen LogP) is 4.15. The lowest BCUT2D eigenvalue weighted by molar-refractivity contribution is 0.721. The molecule has 94 valence electrons. The highest BCUT2D eigenvalue weighted by Crippen LogP contribution is 2.19. The first-order valence-corrected chi connectivity index (χ1v) is 7.21. The molecule has 0 radical (unpaired) electrons. The average molecular weight is 351 g/mol. The Morgan fingerprint density at radius 2 is 1.83 bits per heavy atom. The summed E-state index contributed by atoms with van der Waals surface area (Å²) in [7, 11) is 0. The summed E-state index contributed by atoms with van der Waals surface area (Å²) in [6.07, 6.45) is 0.890. The zero-order valence-electron chi connectivity index (χ0n) is 10.8. The topological polar surface area (TPSA) is 26.0 Å². The molecule has 1 nitrogen and oxygen atoms in total. The molecular weight excluding hydrogens is 333 g/mol. The van der Waals surface area contributed by atoms with Crippen LogP contribution in [0, 0.1) is 17.4 Å². The fourth-order valence-corrected chi connectivity index (χ4v) is 2.61. The van der Waals surface area contributed by atoms with Crippen molar-refractivity contribution in [1.82, 2.24) is 0 Å². The monoisotopic (exact) mass is 351 g/mol. The standard InChI is InChI=1S/C16H18IN/c1-11-6-7-13(8-12(11)2)9-16(18)14-4-3-5-15(17)10-14/h3-8,10,16H,9,18H2,1-2H3. The van der Waals surface area contributed by atoms with Crippen molar-refractivity contribution in [1.29, 1.82) is 0 Å². The van der Waals surface area contributed by atoms with Gasteiger partial charge in [-0.3, -0.25) is 0 Å². The van der Waals surface area contributed by atoms with Gasteiger partial charge in [0.2, 0.25) is 0 Å². The normalized spacial score (nSPS) is 12.4. The van der Waals surface area contributed by atoms with Gasteiger partial charge in [-0.2, -0.15) is 0 Å². The molecule has 0 saturated carbocycles. The van der Waals surface area contributed by atoms with E-state index in [4.69, 9.17) is 5.73 Å². The van der Waals surface area contributed by atoms with Crippen LogP contribution in [0.2, 0.25) is 0 Å². The molecule has 0 aliphatic rings. The number of hydrogen-bond donors (Lipinski definition) is 1. The van der Waals surface area contributed by atoms with Crippen LogP contribution in [0.4, 0.5) is 0 Å². The summed E-state index contributed by atoms with van der Waals surface area (Å²) in [5.41, 5.74) is 11.5. The fourth-order valence-electron chi connectivity index (χ4n) is 2.04. The van der Waals surface area contributed by atoms with Crippen molar-refractivity contribution in [2.75, 3.05) is 0 Å². The Bertz CT molecular complexity index is 549. The van der Waals surface area contributed by atoms with E-state index in [1.165, 1.54) is 25.8 Å². The number of rotatable bonds is 3. The molecule has 1 atom stereocenters. The van der Waals surface area contributed by atoms with E-state index in [-0.39, 0.29) is 6.04 Å². The Hall–Kier alpha value is -0.870. The fraction of sp³-hybridized carbons (Fsp3) is 0.250. The highest BCUT2D eigenvalue weighted by Gasteiger charge is 2.08. The first-order valence-electron chi connectivity index (χ1n) is 6.13.